The summed E-state index contributed by atoms with van der Waals surface area (Å²) in [6.07, 6.45) is 1.43. The number of aromatic nitrogens is 3. The van der Waals surface area contributed by atoms with Crippen molar-refractivity contribution < 1.29 is 9.53 Å². The highest BCUT2D eigenvalue weighted by Crippen LogP contribution is 2.40. The molecular formula is C18H20N6O2S. The number of rotatable bonds is 5. The molecule has 3 heterocycles. The standard InChI is InChI=1S/C18H20N6O2S/c19-18(25)22-14-9-15(27-16(14)17-20-11-21-23-17)13-3-1-12(2-4-13)10-24-5-7-26-8-6-24/h1-4,9,11H,5-8,10H2,(H3,19,22,25)(H,20,21,23). The Balaban J connectivity index is 1.56. The first kappa shape index (κ1) is 17.7. The van der Waals surface area contributed by atoms with E-state index < -0.39 is 6.03 Å². The van der Waals surface area contributed by atoms with Crippen molar-refractivity contribution >= 4 is 23.1 Å². The van der Waals surface area contributed by atoms with Crippen molar-refractivity contribution in [3.05, 3.63) is 42.2 Å². The molecule has 0 atom stereocenters. The number of morpholine rings is 1. The van der Waals surface area contributed by atoms with Gasteiger partial charge in [0, 0.05) is 24.5 Å². The normalized spacial score (nSPS) is 15.0. The average Bonchev–Trinajstić information content (AvgIpc) is 3.32. The van der Waals surface area contributed by atoms with Crippen molar-refractivity contribution in [2.75, 3.05) is 31.6 Å². The van der Waals surface area contributed by atoms with Crippen LogP contribution in [0.2, 0.25) is 0 Å². The van der Waals surface area contributed by atoms with Gasteiger partial charge in [-0.15, -0.1) is 11.3 Å². The zero-order valence-electron chi connectivity index (χ0n) is 14.6. The lowest BCUT2D eigenvalue weighted by atomic mass is 10.1. The lowest BCUT2D eigenvalue weighted by Crippen LogP contribution is -2.35. The molecule has 0 unspecified atom stereocenters. The summed E-state index contributed by atoms with van der Waals surface area (Å²) in [5.41, 5.74) is 8.26. The third-order valence-electron chi connectivity index (χ3n) is 4.37. The highest BCUT2D eigenvalue weighted by molar-refractivity contribution is 7.19. The van der Waals surface area contributed by atoms with Crippen LogP contribution in [0.3, 0.4) is 0 Å². The number of nitrogens with one attached hydrogen (secondary N) is 2. The van der Waals surface area contributed by atoms with E-state index in [4.69, 9.17) is 10.5 Å². The predicted molar refractivity (Wildman–Crippen MR) is 104 cm³/mol. The van der Waals surface area contributed by atoms with Gasteiger partial charge in [0.05, 0.1) is 23.8 Å². The molecule has 2 aromatic heterocycles. The molecule has 140 valence electrons. The van der Waals surface area contributed by atoms with Crippen molar-refractivity contribution in [3.63, 3.8) is 0 Å². The Kier molecular flexibility index (Phi) is 5.14. The van der Waals surface area contributed by atoms with E-state index in [1.807, 2.05) is 6.07 Å². The summed E-state index contributed by atoms with van der Waals surface area (Å²) in [7, 11) is 0. The molecular weight excluding hydrogens is 364 g/mol. The Labute approximate surface area is 160 Å². The smallest absolute Gasteiger partial charge is 0.316 e. The van der Waals surface area contributed by atoms with Crippen molar-refractivity contribution in [1.29, 1.82) is 0 Å². The molecule has 0 radical (unpaired) electrons. The fourth-order valence-electron chi connectivity index (χ4n) is 3.04. The highest BCUT2D eigenvalue weighted by atomic mass is 32.1. The van der Waals surface area contributed by atoms with E-state index in [9.17, 15) is 4.79 Å². The number of benzene rings is 1. The number of amides is 2. The van der Waals surface area contributed by atoms with Crippen LogP contribution in [0.15, 0.2) is 36.7 Å². The van der Waals surface area contributed by atoms with E-state index in [-0.39, 0.29) is 0 Å². The van der Waals surface area contributed by atoms with Crippen LogP contribution in [-0.4, -0.2) is 52.4 Å². The van der Waals surface area contributed by atoms with Gasteiger partial charge in [-0.05, 0) is 17.2 Å². The molecule has 1 aliphatic heterocycles. The van der Waals surface area contributed by atoms with Crippen LogP contribution in [0.4, 0.5) is 10.5 Å². The predicted octanol–water partition coefficient (Wildman–Crippen LogP) is 2.52. The van der Waals surface area contributed by atoms with Crippen LogP contribution in [-0.2, 0) is 11.3 Å². The van der Waals surface area contributed by atoms with Gasteiger partial charge in [-0.2, -0.15) is 5.10 Å². The number of ether oxygens (including phenoxy) is 1. The number of hydrogen-bond acceptors (Lipinski definition) is 6. The summed E-state index contributed by atoms with van der Waals surface area (Å²) in [6, 6.07) is 9.77. The molecule has 8 nitrogen and oxygen atoms in total. The van der Waals surface area contributed by atoms with Gasteiger partial charge >= 0.3 is 6.03 Å². The van der Waals surface area contributed by atoms with Crippen molar-refractivity contribution in [2.24, 2.45) is 5.73 Å². The first-order chi connectivity index (χ1) is 13.2. The number of primary amides is 1. The SMILES string of the molecule is NC(=O)Nc1cc(-c2ccc(CN3CCOCC3)cc2)sc1-c1ncn[nH]1. The van der Waals surface area contributed by atoms with E-state index >= 15 is 0 Å². The second-order valence-electron chi connectivity index (χ2n) is 6.26. The zero-order chi connectivity index (χ0) is 18.6. The Morgan fingerprint density at radius 2 is 2.07 bits per heavy atom. The molecule has 3 aromatic rings. The molecule has 0 saturated carbocycles. The van der Waals surface area contributed by atoms with Crippen LogP contribution in [0, 0.1) is 0 Å². The topological polar surface area (TPSA) is 109 Å². The van der Waals surface area contributed by atoms with E-state index in [0.29, 0.717) is 11.5 Å². The molecule has 1 fully saturated rings. The van der Waals surface area contributed by atoms with Crippen molar-refractivity contribution in [2.45, 2.75) is 6.54 Å². The maximum Gasteiger partial charge on any atom is 0.316 e. The van der Waals surface area contributed by atoms with Gasteiger partial charge in [0.25, 0.3) is 0 Å². The number of carbonyl (C=O) groups is 1. The average molecular weight is 384 g/mol. The second-order valence-corrected chi connectivity index (χ2v) is 7.31. The number of urea groups is 1. The quantitative estimate of drug-likeness (QED) is 0.626. The van der Waals surface area contributed by atoms with Gasteiger partial charge in [-0.1, -0.05) is 24.3 Å². The summed E-state index contributed by atoms with van der Waals surface area (Å²) >= 11 is 1.52. The molecule has 4 rings (SSSR count). The molecule has 27 heavy (non-hydrogen) atoms. The number of carbonyl (C=O) groups excluding carboxylic acids is 1. The Hall–Kier alpha value is -2.75. The first-order valence-corrected chi connectivity index (χ1v) is 9.46. The van der Waals surface area contributed by atoms with E-state index in [0.717, 1.165) is 48.2 Å². The van der Waals surface area contributed by atoms with Gasteiger partial charge in [0.1, 0.15) is 6.33 Å². The third-order valence-corrected chi connectivity index (χ3v) is 5.56. The molecule has 9 heteroatoms. The van der Waals surface area contributed by atoms with Crippen LogP contribution in [0.5, 0.6) is 0 Å². The van der Waals surface area contributed by atoms with Gasteiger partial charge in [-0.25, -0.2) is 9.78 Å². The number of nitrogens with zero attached hydrogens (tertiary/aromatic N) is 3. The maximum atomic E-state index is 11.3. The lowest BCUT2D eigenvalue weighted by Gasteiger charge is -2.26. The molecule has 0 bridgehead atoms. The Morgan fingerprint density at radius 3 is 2.74 bits per heavy atom. The number of hydrogen-bond donors (Lipinski definition) is 3. The lowest BCUT2D eigenvalue weighted by molar-refractivity contribution is 0.0342. The Morgan fingerprint density at radius 1 is 1.30 bits per heavy atom. The minimum absolute atomic E-state index is 0.596. The molecule has 1 saturated heterocycles. The minimum Gasteiger partial charge on any atom is -0.379 e. The molecule has 0 aliphatic carbocycles. The number of thiophene rings is 1. The van der Waals surface area contributed by atoms with Crippen LogP contribution < -0.4 is 11.1 Å². The summed E-state index contributed by atoms with van der Waals surface area (Å²) in [5.74, 6) is 0.596. The maximum absolute atomic E-state index is 11.3. The molecule has 4 N–H and O–H groups in total. The van der Waals surface area contributed by atoms with E-state index in [2.05, 4.69) is 49.7 Å². The minimum atomic E-state index is -0.610. The fraction of sp³-hybridized carbons (Fsp3) is 0.278. The molecule has 2 amide bonds. The fourth-order valence-corrected chi connectivity index (χ4v) is 4.11. The Bertz CT molecular complexity index is 901. The molecule has 0 spiro atoms. The van der Waals surface area contributed by atoms with E-state index in [1.54, 1.807) is 0 Å². The van der Waals surface area contributed by atoms with Crippen LogP contribution in [0.1, 0.15) is 5.56 Å². The van der Waals surface area contributed by atoms with Gasteiger partial charge in [0.15, 0.2) is 5.82 Å². The van der Waals surface area contributed by atoms with Crippen molar-refractivity contribution in [1.82, 2.24) is 20.1 Å². The molecule has 1 aromatic carbocycles. The number of anilines is 1. The van der Waals surface area contributed by atoms with Gasteiger partial charge < -0.3 is 15.8 Å². The number of nitrogens with two attached hydrogens (primary N) is 1. The highest BCUT2D eigenvalue weighted by Gasteiger charge is 2.16. The molecule has 1 aliphatic rings. The number of aromatic amines is 1. The monoisotopic (exact) mass is 384 g/mol. The first-order valence-electron chi connectivity index (χ1n) is 8.64. The summed E-state index contributed by atoms with van der Waals surface area (Å²) in [5, 5.41) is 9.37. The zero-order valence-corrected chi connectivity index (χ0v) is 15.5. The summed E-state index contributed by atoms with van der Waals surface area (Å²) in [6.45, 7) is 4.46. The summed E-state index contributed by atoms with van der Waals surface area (Å²) < 4.78 is 5.39. The van der Waals surface area contributed by atoms with Crippen LogP contribution in [0.25, 0.3) is 21.1 Å². The van der Waals surface area contributed by atoms with Gasteiger partial charge in [-0.3, -0.25) is 10.00 Å². The number of H-pyrrole nitrogens is 1. The van der Waals surface area contributed by atoms with Gasteiger partial charge in [0.2, 0.25) is 0 Å². The second kappa shape index (κ2) is 7.87. The summed E-state index contributed by atoms with van der Waals surface area (Å²) in [4.78, 5) is 19.7. The largest absolute Gasteiger partial charge is 0.379 e. The van der Waals surface area contributed by atoms with E-state index in [1.165, 1.54) is 23.2 Å². The van der Waals surface area contributed by atoms with Crippen molar-refractivity contribution in [3.8, 4) is 21.1 Å². The third kappa shape index (κ3) is 4.16. The van der Waals surface area contributed by atoms with Crippen LogP contribution >= 0.6 is 11.3 Å².